The fourth-order valence-electron chi connectivity index (χ4n) is 2.50. The van der Waals surface area contributed by atoms with Crippen LogP contribution in [0.25, 0.3) is 0 Å². The Kier molecular flexibility index (Phi) is 7.69. The highest BCUT2D eigenvalue weighted by molar-refractivity contribution is 5.79. The van der Waals surface area contributed by atoms with Crippen LogP contribution in [0.5, 0.6) is 0 Å². The summed E-state index contributed by atoms with van der Waals surface area (Å²) in [5, 5.41) is 6.41. The van der Waals surface area contributed by atoms with Crippen molar-refractivity contribution in [2.45, 2.75) is 25.8 Å². The maximum Gasteiger partial charge on any atom is 0.250 e. The third-order valence-corrected chi connectivity index (χ3v) is 3.89. The number of aromatic nitrogens is 1. The van der Waals surface area contributed by atoms with Crippen molar-refractivity contribution in [3.63, 3.8) is 0 Å². The zero-order valence-electron chi connectivity index (χ0n) is 14.5. The Balaban J connectivity index is 1.63. The van der Waals surface area contributed by atoms with Gasteiger partial charge in [-0.2, -0.15) is 0 Å². The largest absolute Gasteiger partial charge is 0.356 e. The number of aliphatic imine (C=N–C) groups is 1. The molecule has 2 aromatic rings. The third kappa shape index (κ3) is 6.41. The number of pyridine rings is 1. The van der Waals surface area contributed by atoms with Crippen molar-refractivity contribution < 1.29 is 4.39 Å². The van der Waals surface area contributed by atoms with Crippen LogP contribution in [0.3, 0.4) is 0 Å². The van der Waals surface area contributed by atoms with Gasteiger partial charge >= 0.3 is 0 Å². The number of hydrogen-bond donors (Lipinski definition) is 2. The van der Waals surface area contributed by atoms with Crippen molar-refractivity contribution >= 4 is 5.96 Å². The molecule has 0 spiro atoms. The van der Waals surface area contributed by atoms with Gasteiger partial charge < -0.3 is 15.2 Å². The van der Waals surface area contributed by atoms with Gasteiger partial charge in [0.25, 0.3) is 0 Å². The molecule has 0 fully saturated rings. The van der Waals surface area contributed by atoms with Gasteiger partial charge in [0.15, 0.2) is 5.96 Å². The smallest absolute Gasteiger partial charge is 0.250 e. The number of guanidine groups is 1. The van der Waals surface area contributed by atoms with Crippen molar-refractivity contribution in [2.24, 2.45) is 4.99 Å². The molecule has 0 atom stereocenters. The average Bonchev–Trinajstić information content (AvgIpc) is 2.63. The maximum absolute atomic E-state index is 13.6. The molecule has 0 radical (unpaired) electrons. The molecule has 0 saturated heterocycles. The lowest BCUT2D eigenvalue weighted by molar-refractivity contribution is 0.584. The van der Waals surface area contributed by atoms with E-state index < -0.39 is 0 Å². The molecule has 1 aromatic heterocycles. The summed E-state index contributed by atoms with van der Waals surface area (Å²) in [5.41, 5.74) is 0.722. The number of unbranched alkanes of at least 4 members (excludes halogenated alkanes) is 1. The number of rotatable bonds is 8. The van der Waals surface area contributed by atoms with E-state index in [9.17, 15) is 9.18 Å². The van der Waals surface area contributed by atoms with Gasteiger partial charge in [-0.05, 0) is 37.0 Å². The number of hydrogen-bond acceptors (Lipinski definition) is 2. The number of benzene rings is 1. The fraction of sp³-hybridized carbons (Fsp3) is 0.368. The van der Waals surface area contributed by atoms with E-state index >= 15 is 0 Å². The summed E-state index contributed by atoms with van der Waals surface area (Å²) in [6, 6.07) is 12.0. The molecule has 2 N–H and O–H groups in total. The number of aryl methyl sites for hydroxylation is 1. The minimum absolute atomic E-state index is 0.0288. The quantitative estimate of drug-likeness (QED) is 0.438. The molecule has 2 rings (SSSR count). The minimum Gasteiger partial charge on any atom is -0.356 e. The van der Waals surface area contributed by atoms with Crippen LogP contribution in [0, 0.1) is 5.82 Å². The number of nitrogens with zero attached hydrogens (tertiary/aromatic N) is 2. The van der Waals surface area contributed by atoms with Crippen LogP contribution in [-0.2, 0) is 13.0 Å². The summed E-state index contributed by atoms with van der Waals surface area (Å²) in [5.74, 6) is 0.525. The van der Waals surface area contributed by atoms with E-state index in [2.05, 4.69) is 15.6 Å². The molecule has 0 unspecified atom stereocenters. The second-order valence-corrected chi connectivity index (χ2v) is 5.71. The molecule has 1 aromatic carbocycles. The average molecular weight is 344 g/mol. The second-order valence-electron chi connectivity index (χ2n) is 5.71. The first-order chi connectivity index (χ1) is 12.2. The molecule has 0 aliphatic carbocycles. The number of halogens is 1. The molecule has 0 aliphatic rings. The maximum atomic E-state index is 13.6. The summed E-state index contributed by atoms with van der Waals surface area (Å²) in [6.45, 7) is 2.08. The minimum atomic E-state index is -0.177. The molecule has 0 bridgehead atoms. The van der Waals surface area contributed by atoms with E-state index in [1.165, 1.54) is 6.07 Å². The fourth-order valence-corrected chi connectivity index (χ4v) is 2.50. The van der Waals surface area contributed by atoms with E-state index in [0.717, 1.165) is 19.4 Å². The zero-order valence-corrected chi connectivity index (χ0v) is 14.5. The first kappa shape index (κ1) is 18.7. The Bertz CT molecular complexity index is 742. The Morgan fingerprint density at radius 3 is 2.60 bits per heavy atom. The highest BCUT2D eigenvalue weighted by Crippen LogP contribution is 2.06. The van der Waals surface area contributed by atoms with Gasteiger partial charge in [-0.1, -0.05) is 24.3 Å². The zero-order chi connectivity index (χ0) is 17.9. The van der Waals surface area contributed by atoms with Crippen LogP contribution in [0.1, 0.15) is 18.4 Å². The summed E-state index contributed by atoms with van der Waals surface area (Å²) in [4.78, 5) is 15.7. The van der Waals surface area contributed by atoms with Crippen LogP contribution >= 0.6 is 0 Å². The van der Waals surface area contributed by atoms with Crippen molar-refractivity contribution in [3.05, 3.63) is 70.4 Å². The summed E-state index contributed by atoms with van der Waals surface area (Å²) >= 11 is 0. The third-order valence-electron chi connectivity index (χ3n) is 3.89. The van der Waals surface area contributed by atoms with Crippen LogP contribution in [0.15, 0.2) is 58.4 Å². The van der Waals surface area contributed by atoms with Gasteiger partial charge in [-0.3, -0.25) is 9.79 Å². The van der Waals surface area contributed by atoms with E-state index in [-0.39, 0.29) is 11.4 Å². The highest BCUT2D eigenvalue weighted by atomic mass is 19.1. The molecule has 0 aliphatic heterocycles. The van der Waals surface area contributed by atoms with Crippen LogP contribution in [-0.4, -0.2) is 30.7 Å². The van der Waals surface area contributed by atoms with Crippen molar-refractivity contribution in [1.29, 1.82) is 0 Å². The lowest BCUT2D eigenvalue weighted by atomic mass is 10.1. The molecule has 134 valence electrons. The second kappa shape index (κ2) is 10.3. The van der Waals surface area contributed by atoms with Gasteiger partial charge in [0, 0.05) is 38.9 Å². The van der Waals surface area contributed by atoms with Gasteiger partial charge in [-0.15, -0.1) is 0 Å². The molecule has 0 amide bonds. The van der Waals surface area contributed by atoms with Crippen LogP contribution in [0.2, 0.25) is 0 Å². The first-order valence-electron chi connectivity index (χ1n) is 8.54. The standard InChI is InChI=1S/C19H25FN4O/c1-21-19(23-13-11-16-8-2-3-9-17(16)20)22-12-5-7-15-24-14-6-4-10-18(24)25/h2-4,6,8-10,14H,5,7,11-13,15H2,1H3,(H2,21,22,23). The predicted molar refractivity (Wildman–Crippen MR) is 99.4 cm³/mol. The molecule has 5 nitrogen and oxygen atoms in total. The van der Waals surface area contributed by atoms with Gasteiger partial charge in [0.2, 0.25) is 5.56 Å². The predicted octanol–water partition coefficient (Wildman–Crippen LogP) is 2.18. The summed E-state index contributed by atoms with van der Waals surface area (Å²) in [7, 11) is 1.71. The van der Waals surface area contributed by atoms with E-state index in [1.807, 2.05) is 12.1 Å². The summed E-state index contributed by atoms with van der Waals surface area (Å²) in [6.07, 6.45) is 4.24. The van der Waals surface area contributed by atoms with Crippen molar-refractivity contribution in [1.82, 2.24) is 15.2 Å². The highest BCUT2D eigenvalue weighted by Gasteiger charge is 2.02. The lowest BCUT2D eigenvalue weighted by Gasteiger charge is -2.12. The number of nitrogens with one attached hydrogen (secondary N) is 2. The molecule has 6 heteroatoms. The molecule has 0 saturated carbocycles. The van der Waals surface area contributed by atoms with E-state index in [0.29, 0.717) is 31.0 Å². The first-order valence-corrected chi connectivity index (χ1v) is 8.54. The Morgan fingerprint density at radius 2 is 1.84 bits per heavy atom. The molecular formula is C19H25FN4O. The lowest BCUT2D eigenvalue weighted by Crippen LogP contribution is -2.38. The van der Waals surface area contributed by atoms with E-state index in [1.54, 1.807) is 42.1 Å². The van der Waals surface area contributed by atoms with Crippen molar-refractivity contribution in [2.75, 3.05) is 20.1 Å². The Labute approximate surface area is 147 Å². The van der Waals surface area contributed by atoms with Gasteiger partial charge in [0.05, 0.1) is 0 Å². The Hall–Kier alpha value is -2.63. The monoisotopic (exact) mass is 344 g/mol. The summed E-state index contributed by atoms with van der Waals surface area (Å²) < 4.78 is 15.3. The van der Waals surface area contributed by atoms with E-state index in [4.69, 9.17) is 0 Å². The van der Waals surface area contributed by atoms with Crippen molar-refractivity contribution in [3.8, 4) is 0 Å². The van der Waals surface area contributed by atoms with Crippen LogP contribution in [0.4, 0.5) is 4.39 Å². The van der Waals surface area contributed by atoms with Gasteiger partial charge in [0.1, 0.15) is 5.82 Å². The van der Waals surface area contributed by atoms with Crippen LogP contribution < -0.4 is 16.2 Å². The molecule has 25 heavy (non-hydrogen) atoms. The Morgan fingerprint density at radius 1 is 1.08 bits per heavy atom. The SMILES string of the molecule is CN=C(NCCCCn1ccccc1=O)NCCc1ccccc1F. The molecule has 1 heterocycles. The molecular weight excluding hydrogens is 319 g/mol. The normalized spacial score (nSPS) is 11.4. The topological polar surface area (TPSA) is 58.4 Å². The van der Waals surface area contributed by atoms with Gasteiger partial charge in [-0.25, -0.2) is 4.39 Å².